The Morgan fingerprint density at radius 3 is 2.06 bits per heavy atom. The summed E-state index contributed by atoms with van der Waals surface area (Å²) in [6.07, 6.45) is 7.20. The maximum absolute atomic E-state index is 13.0. The van der Waals surface area contributed by atoms with Crippen LogP contribution >= 0.6 is 11.8 Å². The van der Waals surface area contributed by atoms with E-state index in [0.29, 0.717) is 28.7 Å². The van der Waals surface area contributed by atoms with E-state index in [4.69, 9.17) is 4.74 Å². The molecule has 0 aromatic carbocycles. The topological polar surface area (TPSA) is 97.4 Å². The minimum Gasteiger partial charge on any atom is -0.449 e. The van der Waals surface area contributed by atoms with E-state index in [0.717, 1.165) is 25.7 Å². The molecule has 1 heterocycles. The van der Waals surface area contributed by atoms with Gasteiger partial charge in [0.05, 0.1) is 10.8 Å². The highest BCUT2D eigenvalue weighted by Crippen LogP contribution is 2.31. The first-order valence-corrected chi connectivity index (χ1v) is 14.4. The number of esters is 1. The van der Waals surface area contributed by atoms with Crippen molar-refractivity contribution in [2.45, 2.75) is 109 Å². The fraction of sp³-hybridized carbons (Fsp3) is 0.714. The lowest BCUT2D eigenvalue weighted by Crippen LogP contribution is -2.47. The fourth-order valence-corrected chi connectivity index (χ4v) is 6.22. The van der Waals surface area contributed by atoms with Gasteiger partial charge >= 0.3 is 5.97 Å². The minimum absolute atomic E-state index is 0.0560. The second-order valence-corrected chi connectivity index (χ2v) is 12.3. The average Bonchev–Trinajstić information content (AvgIpc) is 2.85. The number of carbonyl (C=O) groups is 3. The van der Waals surface area contributed by atoms with E-state index in [9.17, 15) is 14.4 Å². The van der Waals surface area contributed by atoms with Gasteiger partial charge in [0, 0.05) is 18.3 Å². The Hall–Kier alpha value is -2.09. The molecule has 2 aliphatic rings. The average molecular weight is 518 g/mol. The molecule has 2 amide bonds. The van der Waals surface area contributed by atoms with Crippen LogP contribution in [0.1, 0.15) is 90.4 Å². The van der Waals surface area contributed by atoms with E-state index in [1.165, 1.54) is 24.6 Å². The molecule has 0 bridgehead atoms. The largest absolute Gasteiger partial charge is 0.449 e. The molecule has 8 atom stereocenters. The van der Waals surface area contributed by atoms with Crippen molar-refractivity contribution in [3.63, 3.8) is 0 Å². The highest BCUT2D eigenvalue weighted by Gasteiger charge is 2.32. The van der Waals surface area contributed by atoms with E-state index in [1.54, 1.807) is 25.3 Å². The quantitative estimate of drug-likeness (QED) is 0.372. The van der Waals surface area contributed by atoms with Gasteiger partial charge in [0.25, 0.3) is 5.91 Å². The van der Waals surface area contributed by atoms with E-state index in [1.807, 2.05) is 6.92 Å². The molecule has 3 rings (SSSR count). The van der Waals surface area contributed by atoms with Gasteiger partial charge in [0.1, 0.15) is 5.03 Å². The second kappa shape index (κ2) is 12.9. The number of aromatic nitrogens is 1. The molecular formula is C28H43N3O4S. The van der Waals surface area contributed by atoms with Crippen molar-refractivity contribution in [2.75, 3.05) is 0 Å². The molecule has 0 radical (unpaired) electrons. The highest BCUT2D eigenvalue weighted by atomic mass is 32.2. The summed E-state index contributed by atoms with van der Waals surface area (Å²) < 4.78 is 5.53. The van der Waals surface area contributed by atoms with Gasteiger partial charge in [-0.05, 0) is 62.5 Å². The monoisotopic (exact) mass is 517 g/mol. The zero-order chi connectivity index (χ0) is 26.4. The standard InChI is InChI=1S/C28H43N3O4S/c1-16-10-7-13-23(18(16)3)30-25(32)20(5)35-28(34)22-12-9-15-29-27(22)36-21(6)26(33)31-24-14-8-11-17(2)19(24)4/h9,12,15-21,23-24H,7-8,10-11,13-14H2,1-6H3,(H,30,32)(H,31,33)/t16-,17-,18+,19-,20+,21-,23-,24+/m0/s1. The number of nitrogens with zero attached hydrogens (tertiary/aromatic N) is 1. The number of pyridine rings is 1. The summed E-state index contributed by atoms with van der Waals surface area (Å²) in [5.74, 6) is 1.03. The molecule has 0 aliphatic heterocycles. The Morgan fingerprint density at radius 2 is 1.47 bits per heavy atom. The SMILES string of the molecule is C[C@H]1[C@@H](NC(=O)[C@@H](C)OC(=O)c2cccnc2S[C@@H](C)C(=O)N[C@@H]2CCC[C@H](C)[C@@H]2C)CCC[C@@H]1C. The van der Waals surface area contributed by atoms with Crippen LogP contribution in [0.25, 0.3) is 0 Å². The van der Waals surface area contributed by atoms with Crippen molar-refractivity contribution in [3.8, 4) is 0 Å². The third-order valence-corrected chi connectivity index (χ3v) is 9.49. The summed E-state index contributed by atoms with van der Waals surface area (Å²) in [5.41, 5.74) is 0.265. The third kappa shape index (κ3) is 7.24. The summed E-state index contributed by atoms with van der Waals surface area (Å²) >= 11 is 1.24. The number of thioether (sulfide) groups is 1. The van der Waals surface area contributed by atoms with Crippen LogP contribution in [0, 0.1) is 23.7 Å². The Balaban J connectivity index is 1.58. The van der Waals surface area contributed by atoms with Crippen molar-refractivity contribution < 1.29 is 19.1 Å². The molecule has 2 fully saturated rings. The molecule has 2 saturated carbocycles. The number of carbonyl (C=O) groups excluding carboxylic acids is 3. The summed E-state index contributed by atoms with van der Waals surface area (Å²) in [6.45, 7) is 12.2. The molecule has 36 heavy (non-hydrogen) atoms. The molecule has 2 aliphatic carbocycles. The van der Waals surface area contributed by atoms with Crippen LogP contribution < -0.4 is 10.6 Å². The molecule has 8 heteroatoms. The molecule has 1 aromatic heterocycles. The van der Waals surface area contributed by atoms with Gasteiger partial charge in [-0.2, -0.15) is 0 Å². The van der Waals surface area contributed by atoms with Crippen molar-refractivity contribution in [1.82, 2.24) is 15.6 Å². The molecule has 7 nitrogen and oxygen atoms in total. The van der Waals surface area contributed by atoms with Gasteiger partial charge in [-0.15, -0.1) is 0 Å². The van der Waals surface area contributed by atoms with Gasteiger partial charge in [0.15, 0.2) is 6.10 Å². The van der Waals surface area contributed by atoms with E-state index >= 15 is 0 Å². The van der Waals surface area contributed by atoms with Gasteiger partial charge in [-0.1, -0.05) is 65.1 Å². The lowest BCUT2D eigenvalue weighted by Gasteiger charge is -2.35. The third-order valence-electron chi connectivity index (χ3n) is 8.37. The molecule has 0 unspecified atom stereocenters. The van der Waals surface area contributed by atoms with Crippen LogP contribution in [0.3, 0.4) is 0 Å². The number of amides is 2. The highest BCUT2D eigenvalue weighted by molar-refractivity contribution is 8.00. The number of nitrogens with one attached hydrogen (secondary N) is 2. The van der Waals surface area contributed by atoms with Crippen molar-refractivity contribution in [2.24, 2.45) is 23.7 Å². The van der Waals surface area contributed by atoms with Gasteiger partial charge in [0.2, 0.25) is 5.91 Å². The van der Waals surface area contributed by atoms with E-state index in [2.05, 4.69) is 43.3 Å². The Bertz CT molecular complexity index is 926. The van der Waals surface area contributed by atoms with Crippen LogP contribution in [-0.4, -0.2) is 46.2 Å². The van der Waals surface area contributed by atoms with Crippen LogP contribution in [0.4, 0.5) is 0 Å². The molecule has 0 spiro atoms. The summed E-state index contributed by atoms with van der Waals surface area (Å²) in [7, 11) is 0. The number of rotatable bonds is 8. The molecular weight excluding hydrogens is 474 g/mol. The zero-order valence-electron chi connectivity index (χ0n) is 22.6. The summed E-state index contributed by atoms with van der Waals surface area (Å²) in [6, 6.07) is 3.56. The first-order valence-electron chi connectivity index (χ1n) is 13.5. The molecule has 2 N–H and O–H groups in total. The van der Waals surface area contributed by atoms with Crippen LogP contribution in [0.15, 0.2) is 23.4 Å². The smallest absolute Gasteiger partial charge is 0.341 e. The van der Waals surface area contributed by atoms with E-state index < -0.39 is 17.3 Å². The van der Waals surface area contributed by atoms with Gasteiger partial charge < -0.3 is 15.4 Å². The van der Waals surface area contributed by atoms with Crippen molar-refractivity contribution in [1.29, 1.82) is 0 Å². The summed E-state index contributed by atoms with van der Waals surface area (Å²) in [4.78, 5) is 43.0. The maximum atomic E-state index is 13.0. The molecule has 200 valence electrons. The predicted molar refractivity (Wildman–Crippen MR) is 143 cm³/mol. The van der Waals surface area contributed by atoms with Crippen LogP contribution in [0.2, 0.25) is 0 Å². The number of hydrogen-bond donors (Lipinski definition) is 2. The number of ether oxygens (including phenoxy) is 1. The van der Waals surface area contributed by atoms with Gasteiger partial charge in [-0.25, -0.2) is 9.78 Å². The van der Waals surface area contributed by atoms with Crippen molar-refractivity contribution >= 4 is 29.5 Å². The molecule has 0 saturated heterocycles. The van der Waals surface area contributed by atoms with Gasteiger partial charge in [-0.3, -0.25) is 9.59 Å². The van der Waals surface area contributed by atoms with E-state index in [-0.39, 0.29) is 29.5 Å². The molecule has 1 aromatic rings. The lowest BCUT2D eigenvalue weighted by molar-refractivity contribution is -0.130. The Labute approximate surface area is 220 Å². The Morgan fingerprint density at radius 1 is 0.917 bits per heavy atom. The minimum atomic E-state index is -0.921. The Kier molecular flexibility index (Phi) is 10.2. The number of hydrogen-bond acceptors (Lipinski definition) is 6. The zero-order valence-corrected chi connectivity index (χ0v) is 23.4. The van der Waals surface area contributed by atoms with Crippen molar-refractivity contribution in [3.05, 3.63) is 23.9 Å². The first-order chi connectivity index (χ1) is 17.1. The normalized spacial score (nSPS) is 30.1. The van der Waals surface area contributed by atoms with Crippen LogP contribution in [-0.2, 0) is 14.3 Å². The maximum Gasteiger partial charge on any atom is 0.341 e. The first kappa shape index (κ1) is 28.5. The summed E-state index contributed by atoms with van der Waals surface area (Å²) in [5, 5.41) is 6.28. The van der Waals surface area contributed by atoms with Crippen LogP contribution in [0.5, 0.6) is 0 Å². The lowest BCUT2D eigenvalue weighted by atomic mass is 9.78. The predicted octanol–water partition coefficient (Wildman–Crippen LogP) is 4.99. The second-order valence-electron chi connectivity index (χ2n) is 10.9. The fourth-order valence-electron chi connectivity index (χ4n) is 5.31.